The Hall–Kier alpha value is -2.38. The summed E-state index contributed by atoms with van der Waals surface area (Å²) in [7, 11) is -3.83. The van der Waals surface area contributed by atoms with Gasteiger partial charge in [-0.15, -0.1) is 0 Å². The van der Waals surface area contributed by atoms with E-state index in [0.29, 0.717) is 25.1 Å². The first-order chi connectivity index (χ1) is 13.8. The van der Waals surface area contributed by atoms with Gasteiger partial charge in [0, 0.05) is 11.6 Å². The molecule has 2 heterocycles. The molecule has 0 aliphatic heterocycles. The predicted octanol–water partition coefficient (Wildman–Crippen LogP) is 4.29. The molecule has 0 amide bonds. The van der Waals surface area contributed by atoms with Crippen molar-refractivity contribution in [3.8, 4) is 0 Å². The number of nitrogens with zero attached hydrogens (tertiary/aromatic N) is 2. The number of hydrogen-bond donors (Lipinski definition) is 0. The van der Waals surface area contributed by atoms with Crippen molar-refractivity contribution in [1.82, 2.24) is 8.96 Å². The van der Waals surface area contributed by atoms with E-state index in [-0.39, 0.29) is 27.9 Å². The van der Waals surface area contributed by atoms with Crippen LogP contribution in [0.5, 0.6) is 0 Å². The maximum Gasteiger partial charge on any atom is 0.308 e. The first-order valence-electron chi connectivity index (χ1n) is 9.47. The minimum atomic E-state index is -3.83. The van der Waals surface area contributed by atoms with E-state index in [1.807, 2.05) is 6.92 Å². The summed E-state index contributed by atoms with van der Waals surface area (Å²) in [4.78, 5) is 16.4. The molecule has 1 saturated carbocycles. The van der Waals surface area contributed by atoms with Gasteiger partial charge in [-0.05, 0) is 62.4 Å². The van der Waals surface area contributed by atoms with E-state index in [0.717, 1.165) is 16.5 Å². The van der Waals surface area contributed by atoms with E-state index in [2.05, 4.69) is 4.98 Å². The maximum atomic E-state index is 13.3. The molecule has 0 unspecified atom stereocenters. The van der Waals surface area contributed by atoms with Crippen LogP contribution in [0.25, 0.3) is 11.0 Å². The summed E-state index contributed by atoms with van der Waals surface area (Å²) in [6.07, 6.45) is 2.88. The third kappa shape index (κ3) is 3.53. The molecule has 0 spiro atoms. The second-order valence-electron chi connectivity index (χ2n) is 7.32. The maximum absolute atomic E-state index is 13.3. The number of esters is 1. The van der Waals surface area contributed by atoms with Gasteiger partial charge in [-0.1, -0.05) is 29.3 Å². The average Bonchev–Trinajstić information content (AvgIpc) is 3.00. The van der Waals surface area contributed by atoms with Gasteiger partial charge in [0.15, 0.2) is 5.65 Å². The lowest BCUT2D eigenvalue weighted by Crippen LogP contribution is -2.30. The van der Waals surface area contributed by atoms with Crippen LogP contribution < -0.4 is 0 Å². The number of hydrogen-bond acceptors (Lipinski definition) is 5. The second kappa shape index (κ2) is 7.46. The Bertz CT molecular complexity index is 1180. The smallest absolute Gasteiger partial charge is 0.308 e. The average molecular weight is 433 g/mol. The Kier molecular flexibility index (Phi) is 5.12. The van der Waals surface area contributed by atoms with Gasteiger partial charge in [-0.2, -0.15) is 0 Å². The van der Waals surface area contributed by atoms with Crippen LogP contribution in [0.3, 0.4) is 0 Å². The first kappa shape index (κ1) is 19.9. The van der Waals surface area contributed by atoms with Crippen molar-refractivity contribution in [3.05, 3.63) is 58.9 Å². The molecule has 0 bridgehead atoms. The van der Waals surface area contributed by atoms with Gasteiger partial charge in [0.2, 0.25) is 0 Å². The summed E-state index contributed by atoms with van der Waals surface area (Å²) in [5.41, 5.74) is 2.13. The highest BCUT2D eigenvalue weighted by Crippen LogP contribution is 2.45. The van der Waals surface area contributed by atoms with Crippen LogP contribution in [0.15, 0.2) is 47.5 Å². The Morgan fingerprint density at radius 2 is 1.90 bits per heavy atom. The van der Waals surface area contributed by atoms with E-state index in [1.54, 1.807) is 49.5 Å². The molecule has 2 aromatic heterocycles. The van der Waals surface area contributed by atoms with Crippen molar-refractivity contribution in [3.63, 3.8) is 0 Å². The molecular weight excluding hydrogens is 412 g/mol. The summed E-state index contributed by atoms with van der Waals surface area (Å²) < 4.78 is 32.8. The van der Waals surface area contributed by atoms with Crippen LogP contribution in [0.1, 0.15) is 36.8 Å². The molecule has 0 radical (unpaired) electrons. The zero-order valence-corrected chi connectivity index (χ0v) is 17.7. The second-order valence-corrected chi connectivity index (χ2v) is 9.52. The molecule has 1 aromatic carbocycles. The fourth-order valence-electron chi connectivity index (χ4n) is 3.73. The van der Waals surface area contributed by atoms with Crippen molar-refractivity contribution in [2.75, 3.05) is 6.61 Å². The Morgan fingerprint density at radius 3 is 2.55 bits per heavy atom. The highest BCUT2D eigenvalue weighted by Gasteiger charge is 2.38. The summed E-state index contributed by atoms with van der Waals surface area (Å²) in [5, 5.41) is 0.956. The number of aromatic nitrogens is 2. The van der Waals surface area contributed by atoms with Crippen LogP contribution in [-0.2, 0) is 19.6 Å². The molecule has 1 aliphatic rings. The predicted molar refractivity (Wildman–Crippen MR) is 111 cm³/mol. The monoisotopic (exact) mass is 432 g/mol. The molecule has 0 atom stereocenters. The molecule has 1 aliphatic carbocycles. The zero-order valence-electron chi connectivity index (χ0n) is 16.1. The van der Waals surface area contributed by atoms with Gasteiger partial charge < -0.3 is 4.74 Å². The molecule has 29 heavy (non-hydrogen) atoms. The molecular formula is C21H21ClN2O4S. The zero-order chi connectivity index (χ0) is 20.8. The van der Waals surface area contributed by atoms with Gasteiger partial charge in [0.25, 0.3) is 10.0 Å². The third-order valence-electron chi connectivity index (χ3n) is 5.39. The van der Waals surface area contributed by atoms with Crippen molar-refractivity contribution in [1.29, 1.82) is 0 Å². The molecule has 152 valence electrons. The Balaban J connectivity index is 1.75. The Morgan fingerprint density at radius 1 is 1.21 bits per heavy atom. The first-order valence-corrected chi connectivity index (χ1v) is 11.3. The van der Waals surface area contributed by atoms with Crippen LogP contribution >= 0.6 is 11.6 Å². The van der Waals surface area contributed by atoms with Crippen LogP contribution in [0.4, 0.5) is 0 Å². The number of benzene rings is 1. The molecule has 1 fully saturated rings. The number of carbonyl (C=O) groups excluding carboxylic acids is 1. The number of pyridine rings is 1. The van der Waals surface area contributed by atoms with Crippen molar-refractivity contribution in [2.24, 2.45) is 5.92 Å². The number of ether oxygens (including phenoxy) is 1. The van der Waals surface area contributed by atoms with Gasteiger partial charge >= 0.3 is 5.97 Å². The van der Waals surface area contributed by atoms with E-state index in [4.69, 9.17) is 16.3 Å². The number of rotatable bonds is 5. The van der Waals surface area contributed by atoms with Gasteiger partial charge in [-0.3, -0.25) is 4.79 Å². The van der Waals surface area contributed by atoms with Crippen LogP contribution in [0.2, 0.25) is 5.15 Å². The van der Waals surface area contributed by atoms with Crippen molar-refractivity contribution in [2.45, 2.75) is 37.5 Å². The fraction of sp³-hybridized carbons (Fsp3) is 0.333. The highest BCUT2D eigenvalue weighted by atomic mass is 35.5. The number of aryl methyl sites for hydroxylation is 1. The summed E-state index contributed by atoms with van der Waals surface area (Å²) in [6.45, 7) is 4.04. The topological polar surface area (TPSA) is 78.3 Å². The van der Waals surface area contributed by atoms with Gasteiger partial charge in [0.1, 0.15) is 5.15 Å². The van der Waals surface area contributed by atoms with E-state index < -0.39 is 10.0 Å². The van der Waals surface area contributed by atoms with Crippen LogP contribution in [-0.4, -0.2) is 30.0 Å². The summed E-state index contributed by atoms with van der Waals surface area (Å²) in [5.74, 6) is -0.266. The van der Waals surface area contributed by atoms with E-state index in [9.17, 15) is 13.2 Å². The normalized spacial score (nSPS) is 19.1. The molecule has 0 saturated heterocycles. The standard InChI is InChI=1S/C21H21ClN2O4S/c1-3-28-21(25)15-10-14(11-15)18-12-24(20-17(18)8-9-19(22)23-20)29(26,27)16-6-4-13(2)5-7-16/h4-9,12,14-15H,3,10-11H2,1-2H3. The highest BCUT2D eigenvalue weighted by molar-refractivity contribution is 7.90. The number of fused-ring (bicyclic) bond motifs is 1. The largest absolute Gasteiger partial charge is 0.466 e. The molecule has 8 heteroatoms. The summed E-state index contributed by atoms with van der Waals surface area (Å²) in [6, 6.07) is 10.1. The third-order valence-corrected chi connectivity index (χ3v) is 7.27. The molecule has 0 N–H and O–H groups in total. The molecule has 6 nitrogen and oxygen atoms in total. The fourth-order valence-corrected chi connectivity index (χ4v) is 5.20. The minimum Gasteiger partial charge on any atom is -0.466 e. The van der Waals surface area contributed by atoms with Crippen molar-refractivity contribution >= 4 is 38.6 Å². The summed E-state index contributed by atoms with van der Waals surface area (Å²) >= 11 is 6.06. The lowest BCUT2D eigenvalue weighted by atomic mass is 9.71. The minimum absolute atomic E-state index is 0.0735. The van der Waals surface area contributed by atoms with Gasteiger partial charge in [-0.25, -0.2) is 17.4 Å². The number of halogens is 1. The lowest BCUT2D eigenvalue weighted by Gasteiger charge is -2.33. The van der Waals surface area contributed by atoms with Crippen molar-refractivity contribution < 1.29 is 17.9 Å². The van der Waals surface area contributed by atoms with Gasteiger partial charge in [0.05, 0.1) is 17.4 Å². The number of carbonyl (C=O) groups is 1. The quantitative estimate of drug-likeness (QED) is 0.444. The SMILES string of the molecule is CCOC(=O)C1CC(c2cn(S(=O)(=O)c3ccc(C)cc3)c3nc(Cl)ccc23)C1. The Labute approximate surface area is 174 Å². The van der Waals surface area contributed by atoms with E-state index >= 15 is 0 Å². The van der Waals surface area contributed by atoms with E-state index in [1.165, 1.54) is 3.97 Å². The lowest BCUT2D eigenvalue weighted by molar-refractivity contribution is -0.151. The molecule has 3 aromatic rings. The van der Waals surface area contributed by atoms with Crippen LogP contribution in [0, 0.1) is 12.8 Å². The molecule has 4 rings (SSSR count).